The van der Waals surface area contributed by atoms with Gasteiger partial charge >= 0.3 is 26.2 Å². The van der Waals surface area contributed by atoms with Gasteiger partial charge in [-0.25, -0.2) is 0 Å². The summed E-state index contributed by atoms with van der Waals surface area (Å²) in [5.74, 6) is 0. The van der Waals surface area contributed by atoms with Gasteiger partial charge in [0.15, 0.2) is 0 Å². The minimum absolute atomic E-state index is 0. The molecule has 0 fully saturated rings. The van der Waals surface area contributed by atoms with Crippen LogP contribution in [0.1, 0.15) is 0 Å². The molecule has 2 radical (unpaired) electrons. The van der Waals surface area contributed by atoms with Gasteiger partial charge in [0.2, 0.25) is 0 Å². The van der Waals surface area contributed by atoms with Crippen molar-refractivity contribution < 1.29 is 38.6 Å². The largest absolute Gasteiger partial charge is 3.00 e. The Morgan fingerprint density at radius 1 is 0.424 bits per heavy atom. The van der Waals surface area contributed by atoms with Crippen LogP contribution in [-0.4, -0.2) is 9.52 Å². The summed E-state index contributed by atoms with van der Waals surface area (Å²) in [4.78, 5) is 0. The monoisotopic (exact) mass is 538 g/mol. The predicted molar refractivity (Wildman–Crippen MR) is 138 cm³/mol. The van der Waals surface area contributed by atoms with E-state index in [9.17, 15) is 0 Å². The van der Waals surface area contributed by atoms with Gasteiger partial charge in [0.25, 0.3) is 0 Å². The zero-order valence-corrected chi connectivity index (χ0v) is 22.7. The molecule has 0 unspecified atom stereocenters. The van der Waals surface area contributed by atoms with Gasteiger partial charge in [-0.2, -0.15) is 35.0 Å². The molecule has 3 heteroatoms. The second-order valence-electron chi connectivity index (χ2n) is 7.28. The quantitative estimate of drug-likeness (QED) is 0.234. The predicted octanol–water partition coefficient (Wildman–Crippen LogP) is 3.19. The first-order valence-electron chi connectivity index (χ1n) is 10.5. The smallest absolute Gasteiger partial charge is 1.00 e. The van der Waals surface area contributed by atoms with Gasteiger partial charge in [0.1, 0.15) is 9.52 Å². The molecule has 6 rings (SSSR count). The molecule has 0 nitrogen and oxygen atoms in total. The van der Waals surface area contributed by atoms with E-state index < -0.39 is 0 Å². The molecule has 160 valence electrons. The number of hydrogen-bond donors (Lipinski definition) is 0. The maximum Gasteiger partial charge on any atom is 3.00 e. The van der Waals surface area contributed by atoms with Crippen molar-refractivity contribution in [2.24, 2.45) is 0 Å². The van der Waals surface area contributed by atoms with Gasteiger partial charge in [0, 0.05) is 0 Å². The molecule has 0 aliphatic rings. The van der Waals surface area contributed by atoms with E-state index in [-0.39, 0.29) is 48.1 Å². The Hall–Kier alpha value is -2.51. The van der Waals surface area contributed by atoms with E-state index in [1.54, 1.807) is 0 Å². The van der Waals surface area contributed by atoms with Crippen molar-refractivity contribution in [3.05, 3.63) is 146 Å². The average molecular weight is 540 g/mol. The van der Waals surface area contributed by atoms with Crippen LogP contribution in [0, 0.1) is 0 Å². The number of hydrogen-bond acceptors (Lipinski definition) is 0. The summed E-state index contributed by atoms with van der Waals surface area (Å²) in [7, 11) is 0.271. The molecule has 0 saturated heterocycles. The fourth-order valence-electron chi connectivity index (χ4n) is 3.43. The number of benzene rings is 4. The summed E-state index contributed by atoms with van der Waals surface area (Å²) in [6, 6.07) is 50.7. The second-order valence-corrected chi connectivity index (χ2v) is 8.90. The molecular weight excluding hydrogens is 515 g/mol. The summed E-state index contributed by atoms with van der Waals surface area (Å²) >= 11 is 0. The third-order valence-corrected chi connectivity index (χ3v) is 6.46. The molecule has 6 aromatic rings. The molecule has 0 aliphatic heterocycles. The van der Waals surface area contributed by atoms with E-state index in [1.807, 2.05) is 0 Å². The molecule has 0 saturated carbocycles. The number of halogens is 1. The van der Waals surface area contributed by atoms with E-state index in [1.165, 1.54) is 31.9 Å². The third kappa shape index (κ3) is 8.41. The van der Waals surface area contributed by atoms with Crippen LogP contribution in [0.2, 0.25) is 0 Å². The van der Waals surface area contributed by atoms with Crippen LogP contribution in [0.3, 0.4) is 0 Å². The molecule has 0 atom stereocenters. The Labute approximate surface area is 224 Å². The molecule has 0 N–H and O–H groups in total. The molecular formula is C30H25ClSiZr. The first kappa shape index (κ1) is 26.7. The van der Waals surface area contributed by atoms with Crippen LogP contribution in [0.15, 0.2) is 146 Å². The topological polar surface area (TPSA) is 0 Å². The molecule has 0 aliphatic carbocycles. The van der Waals surface area contributed by atoms with E-state index in [0.29, 0.717) is 0 Å². The SMILES string of the molecule is [Cl-].[Zr+3].c1ccc([SiH]c2ccccc2)cc1.c1ccc2[cH-]ccc2c1.c1ccc2[cH-]ccc2c1. The fourth-order valence-corrected chi connectivity index (χ4v) is 4.65. The summed E-state index contributed by atoms with van der Waals surface area (Å²) in [5, 5.41) is 8.23. The van der Waals surface area contributed by atoms with Crippen LogP contribution in [0.4, 0.5) is 0 Å². The Morgan fingerprint density at radius 2 is 0.788 bits per heavy atom. The van der Waals surface area contributed by atoms with Gasteiger partial charge in [-0.05, 0) is 0 Å². The summed E-state index contributed by atoms with van der Waals surface area (Å²) < 4.78 is 0. The van der Waals surface area contributed by atoms with Crippen molar-refractivity contribution in [3.63, 3.8) is 0 Å². The van der Waals surface area contributed by atoms with Crippen LogP contribution in [-0.2, 0) is 26.2 Å². The van der Waals surface area contributed by atoms with Crippen LogP contribution < -0.4 is 22.8 Å². The van der Waals surface area contributed by atoms with Crippen molar-refractivity contribution in [2.75, 3.05) is 0 Å². The first-order valence-corrected chi connectivity index (χ1v) is 11.7. The normalized spacial score (nSPS) is 9.45. The first-order chi connectivity index (χ1) is 15.4. The Balaban J connectivity index is 0.000000174. The number of rotatable bonds is 2. The standard InChI is InChI=1S/C12H11Si.2C9H7.ClH.Zr/c1-3-7-11(8-4-1)13-12-9-5-2-6-10-12;2*1-2-5-9-7-3-6-8(9)4-1;;/h1-10,13H;2*1-7H;1H;/q;2*-1;;+3/p-1. The summed E-state index contributed by atoms with van der Waals surface area (Å²) in [6.45, 7) is 0. The van der Waals surface area contributed by atoms with Crippen molar-refractivity contribution in [1.82, 2.24) is 0 Å². The maximum atomic E-state index is 2.20. The third-order valence-electron chi connectivity index (χ3n) is 5.03. The molecule has 33 heavy (non-hydrogen) atoms. The molecule has 0 amide bonds. The molecule has 0 spiro atoms. The van der Waals surface area contributed by atoms with Crippen LogP contribution in [0.5, 0.6) is 0 Å². The Bertz CT molecular complexity index is 1140. The van der Waals surface area contributed by atoms with Gasteiger partial charge in [-0.15, -0.1) is 59.3 Å². The molecule has 0 aromatic heterocycles. The zero-order valence-electron chi connectivity index (χ0n) is 18.3. The number of fused-ring (bicyclic) bond motifs is 2. The van der Waals surface area contributed by atoms with Gasteiger partial charge in [-0.3, -0.25) is 0 Å². The van der Waals surface area contributed by atoms with Crippen molar-refractivity contribution >= 4 is 41.4 Å². The van der Waals surface area contributed by atoms with Gasteiger partial charge in [-0.1, -0.05) is 83.2 Å². The molecule has 6 aromatic carbocycles. The Kier molecular flexibility index (Phi) is 11.8. The molecule has 0 heterocycles. The fraction of sp³-hybridized carbons (Fsp3) is 0. The van der Waals surface area contributed by atoms with E-state index in [4.69, 9.17) is 0 Å². The summed E-state index contributed by atoms with van der Waals surface area (Å²) in [6.07, 6.45) is 0. The minimum atomic E-state index is 0. The van der Waals surface area contributed by atoms with Crippen molar-refractivity contribution in [3.8, 4) is 0 Å². The minimum Gasteiger partial charge on any atom is -1.00 e. The van der Waals surface area contributed by atoms with E-state index in [2.05, 4.69) is 146 Å². The van der Waals surface area contributed by atoms with Crippen molar-refractivity contribution in [1.29, 1.82) is 0 Å². The van der Waals surface area contributed by atoms with Crippen molar-refractivity contribution in [2.45, 2.75) is 0 Å². The van der Waals surface area contributed by atoms with E-state index in [0.717, 1.165) is 0 Å². The maximum absolute atomic E-state index is 2.20. The zero-order chi connectivity index (χ0) is 21.1. The van der Waals surface area contributed by atoms with Gasteiger partial charge < -0.3 is 12.4 Å². The summed E-state index contributed by atoms with van der Waals surface area (Å²) in [5.41, 5.74) is 0. The van der Waals surface area contributed by atoms with Crippen LogP contribution >= 0.6 is 0 Å². The second kappa shape index (κ2) is 14.6. The Morgan fingerprint density at radius 3 is 1.18 bits per heavy atom. The molecule has 0 bridgehead atoms. The van der Waals surface area contributed by atoms with E-state index >= 15 is 0 Å². The average Bonchev–Trinajstić information content (AvgIpc) is 3.51. The van der Waals surface area contributed by atoms with Gasteiger partial charge in [0.05, 0.1) is 0 Å². The van der Waals surface area contributed by atoms with Crippen LogP contribution in [0.25, 0.3) is 21.5 Å².